The molecule has 4 nitrogen and oxygen atoms in total. The number of hydrogen-bond acceptors (Lipinski definition) is 4. The monoisotopic (exact) mass is 215 g/mol. The summed E-state index contributed by atoms with van der Waals surface area (Å²) in [5, 5.41) is 3.19. The van der Waals surface area contributed by atoms with Gasteiger partial charge in [-0.15, -0.1) is 0 Å². The molecule has 1 saturated heterocycles. The maximum absolute atomic E-state index is 5.36. The van der Waals surface area contributed by atoms with E-state index in [0.29, 0.717) is 0 Å². The fraction of sp³-hybridized carbons (Fsp3) is 1.00. The van der Waals surface area contributed by atoms with Crippen LogP contribution in [0.3, 0.4) is 0 Å². The molecule has 1 fully saturated rings. The Balaban J connectivity index is 2.02. The number of rotatable bonds is 7. The molecule has 0 unspecified atom stereocenters. The molecule has 0 atom stereocenters. The van der Waals surface area contributed by atoms with E-state index >= 15 is 0 Å². The number of likely N-dealkylation sites (N-methyl/N-ethyl adjacent to an activating group) is 1. The Morgan fingerprint density at radius 2 is 1.67 bits per heavy atom. The number of nitrogens with zero attached hydrogens (tertiary/aromatic N) is 2. The van der Waals surface area contributed by atoms with Gasteiger partial charge in [-0.25, -0.2) is 0 Å². The second-order valence-electron chi connectivity index (χ2n) is 3.98. The summed E-state index contributed by atoms with van der Waals surface area (Å²) >= 11 is 0. The maximum Gasteiger partial charge on any atom is 0.0593 e. The van der Waals surface area contributed by atoms with Gasteiger partial charge in [0.05, 0.1) is 6.61 Å². The van der Waals surface area contributed by atoms with E-state index in [-0.39, 0.29) is 0 Å². The molecule has 0 spiro atoms. The average molecular weight is 215 g/mol. The SMILES string of the molecule is CCOCCN1CCN(CCNC)CC1. The molecule has 1 N–H and O–H groups in total. The Bertz CT molecular complexity index is 147. The van der Waals surface area contributed by atoms with Crippen LogP contribution >= 0.6 is 0 Å². The van der Waals surface area contributed by atoms with E-state index in [0.717, 1.165) is 26.3 Å². The number of piperazine rings is 1. The minimum atomic E-state index is 0.835. The van der Waals surface area contributed by atoms with E-state index < -0.39 is 0 Å². The molecule has 15 heavy (non-hydrogen) atoms. The lowest BCUT2D eigenvalue weighted by atomic mass is 10.3. The van der Waals surface area contributed by atoms with Crippen molar-refractivity contribution < 1.29 is 4.74 Å². The molecule has 1 aliphatic rings. The van der Waals surface area contributed by atoms with E-state index in [1.54, 1.807) is 0 Å². The third-order valence-electron chi connectivity index (χ3n) is 2.90. The van der Waals surface area contributed by atoms with Crippen molar-refractivity contribution >= 4 is 0 Å². The average Bonchev–Trinajstić information content (AvgIpc) is 2.28. The summed E-state index contributed by atoms with van der Waals surface area (Å²) in [5.74, 6) is 0. The highest BCUT2D eigenvalue weighted by Crippen LogP contribution is 2.00. The van der Waals surface area contributed by atoms with Crippen molar-refractivity contribution in [3.63, 3.8) is 0 Å². The van der Waals surface area contributed by atoms with Crippen molar-refractivity contribution in [2.75, 3.05) is 66.1 Å². The highest BCUT2D eigenvalue weighted by atomic mass is 16.5. The van der Waals surface area contributed by atoms with Crippen molar-refractivity contribution in [3.05, 3.63) is 0 Å². The van der Waals surface area contributed by atoms with E-state index in [4.69, 9.17) is 4.74 Å². The van der Waals surface area contributed by atoms with Gasteiger partial charge in [0.15, 0.2) is 0 Å². The van der Waals surface area contributed by atoms with Crippen LogP contribution in [-0.2, 0) is 4.74 Å². The van der Waals surface area contributed by atoms with Crippen LogP contribution in [0.2, 0.25) is 0 Å². The predicted molar refractivity (Wildman–Crippen MR) is 63.3 cm³/mol. The van der Waals surface area contributed by atoms with Gasteiger partial charge >= 0.3 is 0 Å². The van der Waals surface area contributed by atoms with Gasteiger partial charge in [-0.3, -0.25) is 9.80 Å². The summed E-state index contributed by atoms with van der Waals surface area (Å²) in [4.78, 5) is 5.01. The highest BCUT2D eigenvalue weighted by molar-refractivity contribution is 4.71. The zero-order valence-corrected chi connectivity index (χ0v) is 10.2. The molecule has 1 aliphatic heterocycles. The molecule has 1 heterocycles. The minimum absolute atomic E-state index is 0.835. The Kier molecular flexibility index (Phi) is 6.92. The van der Waals surface area contributed by atoms with Crippen molar-refractivity contribution in [1.82, 2.24) is 15.1 Å². The molecule has 4 heteroatoms. The largest absolute Gasteiger partial charge is 0.380 e. The first kappa shape index (κ1) is 12.9. The van der Waals surface area contributed by atoms with Crippen molar-refractivity contribution in [2.24, 2.45) is 0 Å². The van der Waals surface area contributed by atoms with Crippen molar-refractivity contribution in [1.29, 1.82) is 0 Å². The summed E-state index contributed by atoms with van der Waals surface area (Å²) in [6, 6.07) is 0. The molecule has 0 bridgehead atoms. The second-order valence-corrected chi connectivity index (χ2v) is 3.98. The summed E-state index contributed by atoms with van der Waals surface area (Å²) in [6.45, 7) is 11.9. The first-order valence-corrected chi connectivity index (χ1v) is 6.04. The standard InChI is InChI=1S/C11H25N3O/c1-3-15-11-10-14-8-6-13(7-9-14)5-4-12-2/h12H,3-11H2,1-2H3. The Hall–Kier alpha value is -0.160. The van der Waals surface area contributed by atoms with Crippen LogP contribution in [0.5, 0.6) is 0 Å². The predicted octanol–water partition coefficient (Wildman–Crippen LogP) is -0.140. The third kappa shape index (κ3) is 5.47. The minimum Gasteiger partial charge on any atom is -0.380 e. The second kappa shape index (κ2) is 8.05. The fourth-order valence-corrected chi connectivity index (χ4v) is 1.84. The topological polar surface area (TPSA) is 27.7 Å². The maximum atomic E-state index is 5.36. The van der Waals surface area contributed by atoms with Crippen LogP contribution in [0.4, 0.5) is 0 Å². The Morgan fingerprint density at radius 1 is 1.07 bits per heavy atom. The first-order chi connectivity index (χ1) is 7.36. The van der Waals surface area contributed by atoms with E-state index in [2.05, 4.69) is 22.0 Å². The molecule has 0 amide bonds. The Morgan fingerprint density at radius 3 is 2.20 bits per heavy atom. The highest BCUT2D eigenvalue weighted by Gasteiger charge is 2.15. The molecule has 0 radical (unpaired) electrons. The zero-order chi connectivity index (χ0) is 10.9. The van der Waals surface area contributed by atoms with Gasteiger partial charge in [0, 0.05) is 52.4 Å². The summed E-state index contributed by atoms with van der Waals surface area (Å²) in [7, 11) is 2.01. The Labute approximate surface area is 93.6 Å². The van der Waals surface area contributed by atoms with E-state index in [1.807, 2.05) is 7.05 Å². The van der Waals surface area contributed by atoms with Gasteiger partial charge in [-0.05, 0) is 14.0 Å². The van der Waals surface area contributed by atoms with Crippen LogP contribution in [0.1, 0.15) is 6.92 Å². The molecule has 0 aromatic carbocycles. The van der Waals surface area contributed by atoms with Crippen LogP contribution in [0, 0.1) is 0 Å². The lowest BCUT2D eigenvalue weighted by Gasteiger charge is -2.34. The van der Waals surface area contributed by atoms with Gasteiger partial charge < -0.3 is 10.1 Å². The number of nitrogens with one attached hydrogen (secondary N) is 1. The molecule has 90 valence electrons. The van der Waals surface area contributed by atoms with Gasteiger partial charge in [0.2, 0.25) is 0 Å². The quantitative estimate of drug-likeness (QED) is 0.598. The number of hydrogen-bond donors (Lipinski definition) is 1. The molecule has 0 aromatic heterocycles. The zero-order valence-electron chi connectivity index (χ0n) is 10.2. The van der Waals surface area contributed by atoms with Gasteiger partial charge in [0.25, 0.3) is 0 Å². The molecule has 0 aromatic rings. The summed E-state index contributed by atoms with van der Waals surface area (Å²) in [6.07, 6.45) is 0. The van der Waals surface area contributed by atoms with Crippen LogP contribution in [-0.4, -0.2) is 75.9 Å². The van der Waals surface area contributed by atoms with E-state index in [1.165, 1.54) is 32.7 Å². The van der Waals surface area contributed by atoms with Crippen molar-refractivity contribution in [2.45, 2.75) is 6.92 Å². The first-order valence-electron chi connectivity index (χ1n) is 6.04. The summed E-state index contributed by atoms with van der Waals surface area (Å²) in [5.41, 5.74) is 0. The normalized spacial score (nSPS) is 19.6. The lowest BCUT2D eigenvalue weighted by molar-refractivity contribution is 0.0813. The molecular weight excluding hydrogens is 190 g/mol. The summed E-state index contributed by atoms with van der Waals surface area (Å²) < 4.78 is 5.36. The van der Waals surface area contributed by atoms with Gasteiger partial charge in [-0.2, -0.15) is 0 Å². The van der Waals surface area contributed by atoms with Crippen LogP contribution in [0.25, 0.3) is 0 Å². The lowest BCUT2D eigenvalue weighted by Crippen LogP contribution is -2.48. The molecular formula is C11H25N3O. The molecule has 0 saturated carbocycles. The van der Waals surface area contributed by atoms with Gasteiger partial charge in [-0.1, -0.05) is 0 Å². The van der Waals surface area contributed by atoms with E-state index in [9.17, 15) is 0 Å². The smallest absolute Gasteiger partial charge is 0.0593 e. The third-order valence-corrected chi connectivity index (χ3v) is 2.90. The number of ether oxygens (including phenoxy) is 1. The van der Waals surface area contributed by atoms with Gasteiger partial charge in [0.1, 0.15) is 0 Å². The molecule has 0 aliphatic carbocycles. The fourth-order valence-electron chi connectivity index (χ4n) is 1.84. The van der Waals surface area contributed by atoms with Crippen LogP contribution < -0.4 is 5.32 Å². The van der Waals surface area contributed by atoms with Crippen molar-refractivity contribution in [3.8, 4) is 0 Å². The molecule has 1 rings (SSSR count). The van der Waals surface area contributed by atoms with Crippen LogP contribution in [0.15, 0.2) is 0 Å².